The summed E-state index contributed by atoms with van der Waals surface area (Å²) >= 11 is 0. The third-order valence-corrected chi connectivity index (χ3v) is 5.99. The van der Waals surface area contributed by atoms with E-state index in [-0.39, 0.29) is 12.1 Å². The molecule has 2 aromatic rings. The van der Waals surface area contributed by atoms with Gasteiger partial charge in [0.25, 0.3) is 0 Å². The first-order chi connectivity index (χ1) is 15.7. The van der Waals surface area contributed by atoms with Gasteiger partial charge < -0.3 is 20.1 Å². The molecule has 2 aliphatic rings. The zero-order valence-corrected chi connectivity index (χ0v) is 18.7. The van der Waals surface area contributed by atoms with Gasteiger partial charge in [0.05, 0.1) is 13.2 Å². The molecule has 7 heteroatoms. The summed E-state index contributed by atoms with van der Waals surface area (Å²) in [6, 6.07) is 18.5. The van der Waals surface area contributed by atoms with Crippen molar-refractivity contribution in [3.8, 4) is 5.75 Å². The van der Waals surface area contributed by atoms with E-state index in [0.29, 0.717) is 13.2 Å². The Kier molecular flexibility index (Phi) is 8.36. The van der Waals surface area contributed by atoms with E-state index in [2.05, 4.69) is 44.7 Å². The Balaban J connectivity index is 1.14. The number of morpholine rings is 1. The predicted octanol–water partition coefficient (Wildman–Crippen LogP) is 2.47. The maximum absolute atomic E-state index is 12.4. The number of hydrogen-bond donors (Lipinski definition) is 2. The average Bonchev–Trinajstić information content (AvgIpc) is 3.26. The molecule has 2 aliphatic heterocycles. The molecule has 0 bridgehead atoms. The average molecular weight is 439 g/mol. The Morgan fingerprint density at radius 3 is 2.66 bits per heavy atom. The molecule has 2 fully saturated rings. The number of hydrogen-bond acceptors (Lipinski definition) is 5. The molecule has 1 unspecified atom stereocenters. The van der Waals surface area contributed by atoms with Crippen LogP contribution in [0.3, 0.4) is 0 Å². The van der Waals surface area contributed by atoms with Crippen LogP contribution in [0.25, 0.3) is 0 Å². The fourth-order valence-electron chi connectivity index (χ4n) is 4.22. The molecule has 32 heavy (non-hydrogen) atoms. The van der Waals surface area contributed by atoms with Gasteiger partial charge in [0, 0.05) is 51.9 Å². The van der Waals surface area contributed by atoms with Crippen molar-refractivity contribution in [2.24, 2.45) is 0 Å². The molecule has 2 aromatic carbocycles. The van der Waals surface area contributed by atoms with Gasteiger partial charge >= 0.3 is 6.03 Å². The van der Waals surface area contributed by atoms with E-state index >= 15 is 0 Å². The summed E-state index contributed by atoms with van der Waals surface area (Å²) in [5.41, 5.74) is 2.34. The molecule has 172 valence electrons. The van der Waals surface area contributed by atoms with Crippen LogP contribution in [0.2, 0.25) is 0 Å². The van der Waals surface area contributed by atoms with Gasteiger partial charge in [-0.15, -0.1) is 0 Å². The first kappa shape index (κ1) is 22.6. The van der Waals surface area contributed by atoms with Crippen LogP contribution >= 0.6 is 0 Å². The van der Waals surface area contributed by atoms with Crippen molar-refractivity contribution < 1.29 is 14.3 Å². The second kappa shape index (κ2) is 11.9. The van der Waals surface area contributed by atoms with E-state index in [1.54, 1.807) is 0 Å². The number of likely N-dealkylation sites (tertiary alicyclic amines) is 1. The van der Waals surface area contributed by atoms with E-state index in [9.17, 15) is 4.79 Å². The smallest absolute Gasteiger partial charge is 0.315 e. The summed E-state index contributed by atoms with van der Waals surface area (Å²) in [5.74, 6) is 0.838. The Morgan fingerprint density at radius 2 is 1.81 bits per heavy atom. The molecule has 2 N–H and O–H groups in total. The van der Waals surface area contributed by atoms with E-state index in [1.807, 2.05) is 30.3 Å². The molecule has 2 heterocycles. The highest BCUT2D eigenvalue weighted by Gasteiger charge is 2.23. The number of nitrogens with one attached hydrogen (secondary N) is 2. The lowest BCUT2D eigenvalue weighted by atomic mass is 10.2. The van der Waals surface area contributed by atoms with Crippen LogP contribution in [0.4, 0.5) is 4.79 Å². The van der Waals surface area contributed by atoms with Crippen LogP contribution in [0.15, 0.2) is 54.6 Å². The van der Waals surface area contributed by atoms with Crippen LogP contribution < -0.4 is 15.4 Å². The van der Waals surface area contributed by atoms with Crippen LogP contribution in [0.5, 0.6) is 5.75 Å². The van der Waals surface area contributed by atoms with Crippen molar-refractivity contribution in [1.82, 2.24) is 20.4 Å². The standard InChI is InChI=1S/C25H34N4O3/c30-25(27-23-9-10-29(20-23)19-21-5-2-1-3-6-21)26-18-22-7-4-8-24(17-22)32-16-13-28-11-14-31-15-12-28/h1-8,17,23H,9-16,18-20H2,(H2,26,27,30). The molecular weight excluding hydrogens is 404 g/mol. The molecule has 4 rings (SSSR count). The molecule has 0 saturated carbocycles. The monoisotopic (exact) mass is 438 g/mol. The Hall–Kier alpha value is -2.61. The van der Waals surface area contributed by atoms with E-state index in [4.69, 9.17) is 9.47 Å². The highest BCUT2D eigenvalue weighted by Crippen LogP contribution is 2.15. The number of ether oxygens (including phenoxy) is 2. The molecule has 0 radical (unpaired) electrons. The van der Waals surface area contributed by atoms with Gasteiger partial charge in [0.15, 0.2) is 0 Å². The maximum Gasteiger partial charge on any atom is 0.315 e. The number of urea groups is 1. The lowest BCUT2D eigenvalue weighted by Crippen LogP contribution is -2.43. The van der Waals surface area contributed by atoms with Crippen molar-refractivity contribution >= 4 is 6.03 Å². The maximum atomic E-state index is 12.4. The van der Waals surface area contributed by atoms with Gasteiger partial charge in [0.2, 0.25) is 0 Å². The molecule has 1 atom stereocenters. The highest BCUT2D eigenvalue weighted by atomic mass is 16.5. The number of nitrogens with zero attached hydrogens (tertiary/aromatic N) is 2. The lowest BCUT2D eigenvalue weighted by molar-refractivity contribution is 0.0322. The van der Waals surface area contributed by atoms with Crippen molar-refractivity contribution in [3.63, 3.8) is 0 Å². The van der Waals surface area contributed by atoms with Crippen LogP contribution in [-0.4, -0.2) is 74.4 Å². The molecule has 2 saturated heterocycles. The second-order valence-electron chi connectivity index (χ2n) is 8.48. The first-order valence-electron chi connectivity index (χ1n) is 11.6. The van der Waals surface area contributed by atoms with Gasteiger partial charge in [-0.2, -0.15) is 0 Å². The normalized spacial score (nSPS) is 19.6. The van der Waals surface area contributed by atoms with E-state index in [1.165, 1.54) is 5.56 Å². The number of carbonyl (C=O) groups is 1. The molecular formula is C25H34N4O3. The fourth-order valence-corrected chi connectivity index (χ4v) is 4.22. The summed E-state index contributed by atoms with van der Waals surface area (Å²) < 4.78 is 11.3. The SMILES string of the molecule is O=C(NCc1cccc(OCCN2CCOCC2)c1)NC1CCN(Cc2ccccc2)C1. The van der Waals surface area contributed by atoms with Crippen molar-refractivity contribution in [1.29, 1.82) is 0 Å². The number of carbonyl (C=O) groups excluding carboxylic acids is 1. The summed E-state index contributed by atoms with van der Waals surface area (Å²) in [6.07, 6.45) is 0.979. The van der Waals surface area contributed by atoms with Crippen LogP contribution in [0, 0.1) is 0 Å². The minimum absolute atomic E-state index is 0.116. The van der Waals surface area contributed by atoms with Crippen LogP contribution in [0.1, 0.15) is 17.5 Å². The van der Waals surface area contributed by atoms with Gasteiger partial charge in [-0.1, -0.05) is 42.5 Å². The van der Waals surface area contributed by atoms with Crippen molar-refractivity contribution in [2.45, 2.75) is 25.6 Å². The van der Waals surface area contributed by atoms with Crippen molar-refractivity contribution in [3.05, 3.63) is 65.7 Å². The Labute approximate surface area is 190 Å². The van der Waals surface area contributed by atoms with Gasteiger partial charge in [-0.3, -0.25) is 9.80 Å². The summed E-state index contributed by atoms with van der Waals surface area (Å²) in [7, 11) is 0. The largest absolute Gasteiger partial charge is 0.492 e. The summed E-state index contributed by atoms with van der Waals surface area (Å²) in [4.78, 5) is 17.1. The second-order valence-corrected chi connectivity index (χ2v) is 8.48. The molecule has 0 spiro atoms. The molecule has 0 aromatic heterocycles. The van der Waals surface area contributed by atoms with E-state index < -0.39 is 0 Å². The minimum atomic E-state index is -0.116. The minimum Gasteiger partial charge on any atom is -0.492 e. The number of amides is 2. The lowest BCUT2D eigenvalue weighted by Gasteiger charge is -2.26. The topological polar surface area (TPSA) is 66.1 Å². The molecule has 7 nitrogen and oxygen atoms in total. The fraction of sp³-hybridized carbons (Fsp3) is 0.480. The highest BCUT2D eigenvalue weighted by molar-refractivity contribution is 5.74. The van der Waals surface area contributed by atoms with E-state index in [0.717, 1.165) is 70.2 Å². The van der Waals surface area contributed by atoms with Crippen molar-refractivity contribution in [2.75, 3.05) is 52.5 Å². The zero-order chi connectivity index (χ0) is 22.0. The number of rotatable bonds is 9. The quantitative estimate of drug-likeness (QED) is 0.630. The molecule has 2 amide bonds. The first-order valence-corrected chi connectivity index (χ1v) is 11.6. The summed E-state index contributed by atoms with van der Waals surface area (Å²) in [5, 5.41) is 6.09. The van der Waals surface area contributed by atoms with Gasteiger partial charge in [-0.25, -0.2) is 4.79 Å². The third kappa shape index (κ3) is 7.22. The predicted molar refractivity (Wildman–Crippen MR) is 125 cm³/mol. The van der Waals surface area contributed by atoms with Gasteiger partial charge in [-0.05, 0) is 29.7 Å². The number of benzene rings is 2. The Morgan fingerprint density at radius 1 is 1.00 bits per heavy atom. The molecule has 0 aliphatic carbocycles. The zero-order valence-electron chi connectivity index (χ0n) is 18.7. The third-order valence-electron chi connectivity index (χ3n) is 5.99. The van der Waals surface area contributed by atoms with Crippen LogP contribution in [-0.2, 0) is 17.8 Å². The van der Waals surface area contributed by atoms with Gasteiger partial charge in [0.1, 0.15) is 12.4 Å². The summed E-state index contributed by atoms with van der Waals surface area (Å²) in [6.45, 7) is 8.38. The Bertz CT molecular complexity index is 842.